The number of hydrogen-bond acceptors (Lipinski definition) is 1. The Morgan fingerprint density at radius 1 is 1.09 bits per heavy atom. The molecule has 2 aromatic carbocycles. The molecule has 1 aromatic heterocycles. The molecule has 0 aliphatic rings. The summed E-state index contributed by atoms with van der Waals surface area (Å²) in [7, 11) is 0. The van der Waals surface area contributed by atoms with Gasteiger partial charge in [-0.3, -0.25) is 4.79 Å². The third kappa shape index (κ3) is 3.46. The summed E-state index contributed by atoms with van der Waals surface area (Å²) in [5.74, 6) is -0.158. The van der Waals surface area contributed by atoms with E-state index < -0.39 is 0 Å². The summed E-state index contributed by atoms with van der Waals surface area (Å²) in [6.07, 6.45) is 3.85. The van der Waals surface area contributed by atoms with Crippen LogP contribution in [0.15, 0.2) is 60.9 Å². The summed E-state index contributed by atoms with van der Waals surface area (Å²) in [6.45, 7) is 1.84. The van der Waals surface area contributed by atoms with Crippen molar-refractivity contribution in [3.05, 3.63) is 71.0 Å². The number of nitrogens with one attached hydrogen (secondary N) is 1. The van der Waals surface area contributed by atoms with Crippen LogP contribution < -0.4 is 9.88 Å². The summed E-state index contributed by atoms with van der Waals surface area (Å²) in [5.41, 5.74) is 0.511. The minimum Gasteiger partial charge on any atom is -0.319 e. The molecule has 0 unspecified atom stereocenters. The van der Waals surface area contributed by atoms with E-state index in [9.17, 15) is 4.79 Å². The standard InChI is InChI=1S/C18H14Cl2N2O/c1-12(18(23)21-17-10-15(19)6-7-16(17)20)22-9-8-13-4-2-3-5-14(13)11-22/h2-12H,1H3/p+1/t12-/m1/s1. The lowest BCUT2D eigenvalue weighted by atomic mass is 10.1. The first-order chi connectivity index (χ1) is 11.0. The van der Waals surface area contributed by atoms with Crippen LogP contribution in [0.3, 0.4) is 0 Å². The van der Waals surface area contributed by atoms with Crippen molar-refractivity contribution in [1.82, 2.24) is 0 Å². The fourth-order valence-electron chi connectivity index (χ4n) is 2.36. The van der Waals surface area contributed by atoms with Gasteiger partial charge in [-0.1, -0.05) is 41.4 Å². The zero-order valence-corrected chi connectivity index (χ0v) is 14.0. The number of amides is 1. The van der Waals surface area contributed by atoms with Gasteiger partial charge in [0.05, 0.1) is 10.7 Å². The molecule has 5 heteroatoms. The second-order valence-corrected chi connectivity index (χ2v) is 6.15. The van der Waals surface area contributed by atoms with Crippen LogP contribution in [-0.4, -0.2) is 5.91 Å². The largest absolute Gasteiger partial charge is 0.319 e. The molecule has 1 amide bonds. The highest BCUT2D eigenvalue weighted by molar-refractivity contribution is 6.35. The van der Waals surface area contributed by atoms with Crippen LogP contribution in [0, 0.1) is 0 Å². The summed E-state index contributed by atoms with van der Waals surface area (Å²) in [4.78, 5) is 12.5. The number of carbonyl (C=O) groups is 1. The van der Waals surface area contributed by atoms with Crippen LogP contribution in [0.2, 0.25) is 10.0 Å². The number of nitrogens with zero attached hydrogens (tertiary/aromatic N) is 1. The predicted molar refractivity (Wildman–Crippen MR) is 93.9 cm³/mol. The fourth-order valence-corrected chi connectivity index (χ4v) is 2.69. The van der Waals surface area contributed by atoms with Crippen LogP contribution >= 0.6 is 23.2 Å². The Hall–Kier alpha value is -2.10. The van der Waals surface area contributed by atoms with E-state index in [2.05, 4.69) is 5.32 Å². The molecule has 0 spiro atoms. The zero-order chi connectivity index (χ0) is 16.4. The van der Waals surface area contributed by atoms with Crippen molar-refractivity contribution >= 4 is 45.6 Å². The third-order valence-corrected chi connectivity index (χ3v) is 4.29. The van der Waals surface area contributed by atoms with E-state index in [0.29, 0.717) is 15.7 Å². The van der Waals surface area contributed by atoms with Crippen molar-refractivity contribution in [2.24, 2.45) is 0 Å². The molecule has 0 saturated carbocycles. The maximum Gasteiger partial charge on any atom is 0.293 e. The van der Waals surface area contributed by atoms with Crippen LogP contribution in [0.1, 0.15) is 13.0 Å². The second-order valence-electron chi connectivity index (χ2n) is 5.31. The monoisotopic (exact) mass is 345 g/mol. The molecule has 3 aromatic rings. The summed E-state index contributed by atoms with van der Waals surface area (Å²) >= 11 is 12.0. The maximum atomic E-state index is 12.5. The van der Waals surface area contributed by atoms with Crippen molar-refractivity contribution in [2.45, 2.75) is 13.0 Å². The molecule has 0 fully saturated rings. The van der Waals surface area contributed by atoms with E-state index in [-0.39, 0.29) is 11.9 Å². The highest BCUT2D eigenvalue weighted by atomic mass is 35.5. The number of hydrogen-bond donors (Lipinski definition) is 1. The van der Waals surface area contributed by atoms with Gasteiger partial charge in [0.1, 0.15) is 0 Å². The molecule has 1 atom stereocenters. The number of anilines is 1. The lowest BCUT2D eigenvalue weighted by Gasteiger charge is -2.10. The predicted octanol–water partition coefficient (Wildman–Crippen LogP) is 4.63. The van der Waals surface area contributed by atoms with Crippen molar-refractivity contribution in [3.63, 3.8) is 0 Å². The normalized spacial score (nSPS) is 12.1. The molecule has 0 radical (unpaired) electrons. The summed E-state index contributed by atoms with van der Waals surface area (Å²) in [6, 6.07) is 14.6. The minimum absolute atomic E-state index is 0.158. The second kappa shape index (κ2) is 6.57. The number of pyridine rings is 1. The number of carbonyl (C=O) groups excluding carboxylic acids is 1. The van der Waals surface area contributed by atoms with Gasteiger partial charge in [0.2, 0.25) is 6.04 Å². The Morgan fingerprint density at radius 2 is 1.83 bits per heavy atom. The van der Waals surface area contributed by atoms with Crippen molar-refractivity contribution in [3.8, 4) is 0 Å². The quantitative estimate of drug-likeness (QED) is 0.689. The van der Waals surface area contributed by atoms with Crippen molar-refractivity contribution in [2.75, 3.05) is 5.32 Å². The third-order valence-electron chi connectivity index (χ3n) is 3.72. The Balaban J connectivity index is 1.84. The first-order valence-corrected chi connectivity index (χ1v) is 7.95. The maximum absolute atomic E-state index is 12.5. The summed E-state index contributed by atoms with van der Waals surface area (Å²) in [5, 5.41) is 6.01. The molecule has 116 valence electrons. The van der Waals surface area contributed by atoms with E-state index in [1.54, 1.807) is 18.2 Å². The summed E-state index contributed by atoms with van der Waals surface area (Å²) < 4.78 is 1.87. The number of halogens is 2. The van der Waals surface area contributed by atoms with Gasteiger partial charge >= 0.3 is 0 Å². The minimum atomic E-state index is -0.380. The van der Waals surface area contributed by atoms with Gasteiger partial charge in [0.25, 0.3) is 5.91 Å². The number of fused-ring (bicyclic) bond motifs is 1. The SMILES string of the molecule is C[C@H](C(=O)Nc1cc(Cl)ccc1Cl)[n+]1ccc2ccccc2c1. The smallest absolute Gasteiger partial charge is 0.293 e. The Labute approximate surface area is 144 Å². The Morgan fingerprint density at radius 3 is 2.61 bits per heavy atom. The van der Waals surface area contributed by atoms with Gasteiger partial charge in [-0.25, -0.2) is 0 Å². The zero-order valence-electron chi connectivity index (χ0n) is 12.5. The van der Waals surface area contributed by atoms with Crippen molar-refractivity contribution < 1.29 is 9.36 Å². The molecule has 3 nitrogen and oxygen atoms in total. The number of aromatic nitrogens is 1. The van der Waals surface area contributed by atoms with Gasteiger partial charge in [0.15, 0.2) is 12.4 Å². The lowest BCUT2D eigenvalue weighted by Crippen LogP contribution is -2.44. The van der Waals surface area contributed by atoms with Gasteiger partial charge in [-0.15, -0.1) is 0 Å². The Bertz CT molecular complexity index is 880. The first kappa shape index (κ1) is 15.8. The molecule has 23 heavy (non-hydrogen) atoms. The van der Waals surface area contributed by atoms with Gasteiger partial charge in [-0.05, 0) is 29.7 Å². The molecule has 3 rings (SSSR count). The molecule has 0 saturated heterocycles. The number of rotatable bonds is 3. The van der Waals surface area contributed by atoms with Crippen LogP contribution in [0.4, 0.5) is 5.69 Å². The lowest BCUT2D eigenvalue weighted by molar-refractivity contribution is -0.704. The highest BCUT2D eigenvalue weighted by Gasteiger charge is 2.23. The van der Waals surface area contributed by atoms with E-state index >= 15 is 0 Å². The van der Waals surface area contributed by atoms with E-state index in [1.165, 1.54) is 0 Å². The van der Waals surface area contributed by atoms with Gasteiger partial charge in [0, 0.05) is 23.4 Å². The molecule has 0 aliphatic heterocycles. The van der Waals surface area contributed by atoms with Crippen LogP contribution in [0.25, 0.3) is 10.8 Å². The molecule has 1 N–H and O–H groups in total. The highest BCUT2D eigenvalue weighted by Crippen LogP contribution is 2.25. The average Bonchev–Trinajstić information content (AvgIpc) is 2.57. The van der Waals surface area contributed by atoms with E-state index in [1.807, 2.05) is 54.2 Å². The first-order valence-electron chi connectivity index (χ1n) is 7.20. The fraction of sp³-hybridized carbons (Fsp3) is 0.111. The van der Waals surface area contributed by atoms with Gasteiger partial charge < -0.3 is 5.32 Å². The van der Waals surface area contributed by atoms with Crippen LogP contribution in [0.5, 0.6) is 0 Å². The van der Waals surface area contributed by atoms with E-state index in [4.69, 9.17) is 23.2 Å². The van der Waals surface area contributed by atoms with Crippen LogP contribution in [-0.2, 0) is 4.79 Å². The average molecular weight is 346 g/mol. The molecular formula is C18H15Cl2N2O+. The molecule has 1 heterocycles. The Kier molecular flexibility index (Phi) is 4.51. The van der Waals surface area contributed by atoms with E-state index in [0.717, 1.165) is 10.8 Å². The molecule has 0 bridgehead atoms. The topological polar surface area (TPSA) is 33.0 Å². The molecular weight excluding hydrogens is 331 g/mol. The number of benzene rings is 2. The van der Waals surface area contributed by atoms with Crippen molar-refractivity contribution in [1.29, 1.82) is 0 Å². The van der Waals surface area contributed by atoms with Gasteiger partial charge in [-0.2, -0.15) is 4.57 Å². The molecule has 0 aliphatic carbocycles.